The molecule has 0 N–H and O–H groups in total. The molecule has 0 spiro atoms. The maximum atomic E-state index is 5.30. The fraction of sp³-hybridized carbons (Fsp3) is 0.278. The van der Waals surface area contributed by atoms with Crippen molar-refractivity contribution < 1.29 is 9.30 Å². The van der Waals surface area contributed by atoms with E-state index in [1.54, 1.807) is 18.4 Å². The summed E-state index contributed by atoms with van der Waals surface area (Å²) in [7, 11) is 5.72. The summed E-state index contributed by atoms with van der Waals surface area (Å²) in [5, 5.41) is 9.74. The van der Waals surface area contributed by atoms with E-state index in [2.05, 4.69) is 32.7 Å². The van der Waals surface area contributed by atoms with Crippen molar-refractivity contribution in [2.24, 2.45) is 10.2 Å². The summed E-state index contributed by atoms with van der Waals surface area (Å²) in [5.41, 5.74) is 3.14. The zero-order valence-electron chi connectivity index (χ0n) is 14.4. The first-order valence-corrected chi connectivity index (χ1v) is 8.63. The normalized spacial score (nSPS) is 11.3. The Morgan fingerprint density at radius 2 is 1.83 bits per heavy atom. The van der Waals surface area contributed by atoms with E-state index < -0.39 is 0 Å². The third-order valence-corrected chi connectivity index (χ3v) is 4.85. The highest BCUT2D eigenvalue weighted by Crippen LogP contribution is 2.30. The Morgan fingerprint density at radius 1 is 1.08 bits per heavy atom. The number of benzene rings is 2. The molecule has 5 nitrogen and oxygen atoms in total. The van der Waals surface area contributed by atoms with E-state index in [9.17, 15) is 0 Å². The second-order valence-electron chi connectivity index (χ2n) is 5.57. The zero-order chi connectivity index (χ0) is 17.1. The number of anilines is 1. The van der Waals surface area contributed by atoms with Crippen LogP contribution in [0.15, 0.2) is 52.7 Å². The number of aryl methyl sites for hydroxylation is 1. The van der Waals surface area contributed by atoms with Crippen LogP contribution in [0.3, 0.4) is 0 Å². The van der Waals surface area contributed by atoms with E-state index in [4.69, 9.17) is 4.74 Å². The van der Waals surface area contributed by atoms with Gasteiger partial charge in [-0.05, 0) is 59.8 Å². The SMILES string of the molecule is CC[n+]1c(N=Nc2ccc(N(C)C)cc2)sc2cc(OC)ccc21. The van der Waals surface area contributed by atoms with Crippen LogP contribution in [0.1, 0.15) is 6.92 Å². The van der Waals surface area contributed by atoms with Crippen LogP contribution >= 0.6 is 11.3 Å². The summed E-state index contributed by atoms with van der Waals surface area (Å²) in [6.07, 6.45) is 0. The molecule has 1 aromatic heterocycles. The summed E-state index contributed by atoms with van der Waals surface area (Å²) in [6.45, 7) is 2.96. The van der Waals surface area contributed by atoms with Gasteiger partial charge in [0, 0.05) is 25.8 Å². The molecule has 0 saturated heterocycles. The molecule has 1 heterocycles. The topological polar surface area (TPSA) is 41.1 Å². The van der Waals surface area contributed by atoms with E-state index in [1.165, 1.54) is 0 Å². The van der Waals surface area contributed by atoms with Gasteiger partial charge in [-0.1, -0.05) is 0 Å². The van der Waals surface area contributed by atoms with E-state index in [0.29, 0.717) is 0 Å². The second kappa shape index (κ2) is 6.97. The number of hydrogen-bond acceptors (Lipinski definition) is 5. The van der Waals surface area contributed by atoms with E-state index in [1.807, 2.05) is 50.5 Å². The Labute approximate surface area is 145 Å². The van der Waals surface area contributed by atoms with Crippen molar-refractivity contribution in [2.75, 3.05) is 26.1 Å². The van der Waals surface area contributed by atoms with Crippen molar-refractivity contribution in [2.45, 2.75) is 13.5 Å². The summed E-state index contributed by atoms with van der Waals surface area (Å²) in [6, 6.07) is 14.1. The molecule has 0 amide bonds. The smallest absolute Gasteiger partial charge is 0.409 e. The fourth-order valence-corrected chi connectivity index (χ4v) is 3.55. The second-order valence-corrected chi connectivity index (χ2v) is 6.58. The quantitative estimate of drug-likeness (QED) is 0.498. The van der Waals surface area contributed by atoms with Gasteiger partial charge in [0.15, 0.2) is 0 Å². The van der Waals surface area contributed by atoms with Gasteiger partial charge < -0.3 is 9.64 Å². The first-order valence-electron chi connectivity index (χ1n) is 7.82. The predicted octanol–water partition coefficient (Wildman–Crippen LogP) is 4.70. The highest BCUT2D eigenvalue weighted by molar-refractivity contribution is 7.21. The molecule has 2 aromatic carbocycles. The lowest BCUT2D eigenvalue weighted by Crippen LogP contribution is -2.30. The molecule has 0 aliphatic carbocycles. The van der Waals surface area contributed by atoms with Crippen LogP contribution in [0.4, 0.5) is 16.5 Å². The number of ether oxygens (including phenoxy) is 1. The average Bonchev–Trinajstić information content (AvgIpc) is 2.96. The van der Waals surface area contributed by atoms with Gasteiger partial charge in [0.1, 0.15) is 17.0 Å². The summed E-state index contributed by atoms with van der Waals surface area (Å²) in [4.78, 5) is 2.06. The number of aromatic nitrogens is 1. The van der Waals surface area contributed by atoms with Crippen LogP contribution in [0, 0.1) is 0 Å². The molecule has 0 unspecified atom stereocenters. The van der Waals surface area contributed by atoms with Gasteiger partial charge in [0.25, 0.3) is 0 Å². The molecular weight excluding hydrogens is 320 g/mol. The van der Waals surface area contributed by atoms with Crippen molar-refractivity contribution in [1.82, 2.24) is 0 Å². The van der Waals surface area contributed by atoms with Gasteiger partial charge in [-0.3, -0.25) is 0 Å². The zero-order valence-corrected chi connectivity index (χ0v) is 15.2. The van der Waals surface area contributed by atoms with E-state index in [-0.39, 0.29) is 0 Å². The van der Waals surface area contributed by atoms with Crippen LogP contribution in [0.25, 0.3) is 10.2 Å². The monoisotopic (exact) mass is 341 g/mol. The lowest BCUT2D eigenvalue weighted by Gasteiger charge is -2.11. The van der Waals surface area contributed by atoms with Crippen molar-refractivity contribution in [1.29, 1.82) is 0 Å². The maximum Gasteiger partial charge on any atom is 0.409 e. The molecule has 3 aromatic rings. The molecule has 0 fully saturated rings. The molecule has 24 heavy (non-hydrogen) atoms. The fourth-order valence-electron chi connectivity index (χ4n) is 2.48. The number of fused-ring (bicyclic) bond motifs is 1. The Hall–Kier alpha value is -2.47. The van der Waals surface area contributed by atoms with Crippen molar-refractivity contribution >= 4 is 38.1 Å². The number of thiazole rings is 1. The molecular formula is C18H21N4OS+. The minimum Gasteiger partial charge on any atom is -0.497 e. The molecule has 3 rings (SSSR count). The number of methoxy groups -OCH3 is 1. The molecule has 124 valence electrons. The van der Waals surface area contributed by atoms with Gasteiger partial charge in [0.2, 0.25) is 0 Å². The molecule has 0 bridgehead atoms. The van der Waals surface area contributed by atoms with Crippen LogP contribution in [-0.4, -0.2) is 21.2 Å². The Bertz CT molecular complexity index is 869. The van der Waals surface area contributed by atoms with Gasteiger partial charge in [-0.2, -0.15) is 0 Å². The Morgan fingerprint density at radius 3 is 2.46 bits per heavy atom. The molecule has 6 heteroatoms. The third kappa shape index (κ3) is 3.23. The lowest BCUT2D eigenvalue weighted by atomic mass is 10.3. The molecule has 0 saturated carbocycles. The first-order chi connectivity index (χ1) is 11.6. The Balaban J connectivity index is 1.93. The number of azo groups is 1. The minimum atomic E-state index is 0.846. The van der Waals surface area contributed by atoms with Crippen LogP contribution < -0.4 is 14.2 Å². The number of hydrogen-bond donors (Lipinski definition) is 0. The van der Waals surface area contributed by atoms with Gasteiger partial charge in [-0.25, -0.2) is 4.57 Å². The molecule has 0 aliphatic heterocycles. The van der Waals surface area contributed by atoms with Crippen molar-refractivity contribution in [3.05, 3.63) is 42.5 Å². The molecule has 0 atom stereocenters. The van der Waals surface area contributed by atoms with Gasteiger partial charge in [0.05, 0.1) is 23.5 Å². The van der Waals surface area contributed by atoms with Crippen LogP contribution in [0.2, 0.25) is 0 Å². The highest BCUT2D eigenvalue weighted by Gasteiger charge is 2.18. The molecule has 0 radical (unpaired) electrons. The summed E-state index contributed by atoms with van der Waals surface area (Å²) < 4.78 is 8.61. The van der Waals surface area contributed by atoms with Crippen molar-refractivity contribution in [3.8, 4) is 5.75 Å². The average molecular weight is 341 g/mol. The maximum absolute atomic E-state index is 5.30. The summed E-state index contributed by atoms with van der Waals surface area (Å²) >= 11 is 1.62. The van der Waals surface area contributed by atoms with Crippen molar-refractivity contribution in [3.63, 3.8) is 0 Å². The standard InChI is InChI=1S/C18H21N4OS/c1-5-22-16-11-10-15(23-4)12-17(16)24-18(22)20-19-13-6-8-14(9-7-13)21(2)3/h6-12H,5H2,1-4H3/q+1. The highest BCUT2D eigenvalue weighted by atomic mass is 32.1. The summed E-state index contributed by atoms with van der Waals surface area (Å²) in [5.74, 6) is 0.856. The van der Waals surface area contributed by atoms with E-state index in [0.717, 1.165) is 39.0 Å². The third-order valence-electron chi connectivity index (χ3n) is 3.82. The largest absolute Gasteiger partial charge is 0.497 e. The predicted molar refractivity (Wildman–Crippen MR) is 99.2 cm³/mol. The molecule has 0 aliphatic rings. The first kappa shape index (κ1) is 16.4. The van der Waals surface area contributed by atoms with E-state index >= 15 is 0 Å². The minimum absolute atomic E-state index is 0.846. The van der Waals surface area contributed by atoms with Crippen LogP contribution in [-0.2, 0) is 6.54 Å². The number of rotatable bonds is 5. The Kier molecular flexibility index (Phi) is 4.76. The lowest BCUT2D eigenvalue weighted by molar-refractivity contribution is -0.651. The number of nitrogens with zero attached hydrogens (tertiary/aromatic N) is 4. The van der Waals surface area contributed by atoms with Gasteiger partial charge in [-0.15, -0.1) is 0 Å². The van der Waals surface area contributed by atoms with Crippen LogP contribution in [0.5, 0.6) is 5.75 Å². The van der Waals surface area contributed by atoms with Gasteiger partial charge >= 0.3 is 5.13 Å².